The van der Waals surface area contributed by atoms with Crippen LogP contribution in [-0.2, 0) is 9.53 Å². The Morgan fingerprint density at radius 3 is 2.44 bits per heavy atom. The summed E-state index contributed by atoms with van der Waals surface area (Å²) in [6, 6.07) is 7.51. The smallest absolute Gasteiger partial charge is 0.330 e. The van der Waals surface area contributed by atoms with Crippen molar-refractivity contribution >= 4 is 12.0 Å². The molecule has 1 rings (SSSR count). The minimum atomic E-state index is -0.362. The Hall–Kier alpha value is -2.03. The monoisotopic (exact) mass is 246 g/mol. The van der Waals surface area contributed by atoms with Gasteiger partial charge in [-0.15, -0.1) is 0 Å². The van der Waals surface area contributed by atoms with Crippen molar-refractivity contribution < 1.29 is 14.3 Å². The second-order valence-corrected chi connectivity index (χ2v) is 4.02. The molecular weight excluding hydrogens is 228 g/mol. The van der Waals surface area contributed by atoms with E-state index in [0.717, 1.165) is 11.3 Å². The molecule has 18 heavy (non-hydrogen) atoms. The summed E-state index contributed by atoms with van der Waals surface area (Å²) in [6.45, 7) is 4.63. The quantitative estimate of drug-likeness (QED) is 0.454. The molecule has 0 bridgehead atoms. The Morgan fingerprint density at radius 2 is 1.89 bits per heavy atom. The molecule has 0 radical (unpaired) electrons. The number of benzene rings is 1. The van der Waals surface area contributed by atoms with E-state index in [2.05, 4.69) is 4.74 Å². The topological polar surface area (TPSA) is 35.5 Å². The SMILES string of the molecule is COC(=O)/C=C/c1ccc(OCC=C(C)C)cc1. The van der Waals surface area contributed by atoms with E-state index >= 15 is 0 Å². The number of allylic oxidation sites excluding steroid dienone is 1. The second-order valence-electron chi connectivity index (χ2n) is 4.02. The second kappa shape index (κ2) is 7.33. The van der Waals surface area contributed by atoms with E-state index in [0.29, 0.717) is 6.61 Å². The third-order valence-corrected chi connectivity index (χ3v) is 2.23. The third-order valence-electron chi connectivity index (χ3n) is 2.23. The van der Waals surface area contributed by atoms with E-state index in [1.54, 1.807) is 6.08 Å². The van der Waals surface area contributed by atoms with Crippen molar-refractivity contribution in [1.82, 2.24) is 0 Å². The lowest BCUT2D eigenvalue weighted by Gasteiger charge is -2.03. The van der Waals surface area contributed by atoms with Crippen molar-refractivity contribution in [2.75, 3.05) is 13.7 Å². The number of hydrogen-bond donors (Lipinski definition) is 0. The van der Waals surface area contributed by atoms with Crippen molar-refractivity contribution in [3.05, 3.63) is 47.6 Å². The summed E-state index contributed by atoms with van der Waals surface area (Å²) < 4.78 is 10.0. The van der Waals surface area contributed by atoms with Crippen LogP contribution in [0.5, 0.6) is 5.75 Å². The maximum atomic E-state index is 10.9. The summed E-state index contributed by atoms with van der Waals surface area (Å²) in [4.78, 5) is 10.9. The standard InChI is InChI=1S/C15H18O3/c1-12(2)10-11-18-14-7-4-13(5-8-14)6-9-15(16)17-3/h4-10H,11H2,1-3H3/b9-6+. The molecule has 0 atom stereocenters. The maximum Gasteiger partial charge on any atom is 0.330 e. The molecular formula is C15H18O3. The molecule has 0 fully saturated rings. The molecule has 3 nitrogen and oxygen atoms in total. The molecule has 96 valence electrons. The normalized spacial score (nSPS) is 10.2. The summed E-state index contributed by atoms with van der Waals surface area (Å²) in [6.07, 6.45) is 5.11. The van der Waals surface area contributed by atoms with Gasteiger partial charge >= 0.3 is 5.97 Å². The lowest BCUT2D eigenvalue weighted by molar-refractivity contribution is -0.134. The molecule has 0 aromatic heterocycles. The minimum absolute atomic E-state index is 0.362. The zero-order chi connectivity index (χ0) is 13.4. The van der Waals surface area contributed by atoms with Gasteiger partial charge in [0, 0.05) is 6.08 Å². The number of rotatable bonds is 5. The lowest BCUT2D eigenvalue weighted by Crippen LogP contribution is -1.94. The summed E-state index contributed by atoms with van der Waals surface area (Å²) in [5.74, 6) is 0.446. The first-order chi connectivity index (χ1) is 8.61. The lowest BCUT2D eigenvalue weighted by atomic mass is 10.2. The van der Waals surface area contributed by atoms with E-state index in [1.165, 1.54) is 18.8 Å². The average Bonchev–Trinajstić information content (AvgIpc) is 2.37. The average molecular weight is 246 g/mol. The molecule has 0 heterocycles. The van der Waals surface area contributed by atoms with Crippen LogP contribution in [0.3, 0.4) is 0 Å². The van der Waals surface area contributed by atoms with Gasteiger partial charge in [-0.05, 0) is 43.7 Å². The Kier molecular flexibility index (Phi) is 5.71. The fraction of sp³-hybridized carbons (Fsp3) is 0.267. The van der Waals surface area contributed by atoms with Crippen LogP contribution >= 0.6 is 0 Å². The Labute approximate surface area is 108 Å². The molecule has 0 N–H and O–H groups in total. The van der Waals surface area contributed by atoms with Crippen molar-refractivity contribution in [1.29, 1.82) is 0 Å². The molecule has 1 aromatic carbocycles. The molecule has 0 aliphatic carbocycles. The number of carbonyl (C=O) groups is 1. The summed E-state index contributed by atoms with van der Waals surface area (Å²) in [5.41, 5.74) is 2.16. The number of carbonyl (C=O) groups excluding carboxylic acids is 1. The van der Waals surface area contributed by atoms with E-state index in [1.807, 2.05) is 44.2 Å². The number of ether oxygens (including phenoxy) is 2. The van der Waals surface area contributed by atoms with Gasteiger partial charge < -0.3 is 9.47 Å². The van der Waals surface area contributed by atoms with Gasteiger partial charge in [-0.25, -0.2) is 4.79 Å². The van der Waals surface area contributed by atoms with Crippen LogP contribution in [0, 0.1) is 0 Å². The van der Waals surface area contributed by atoms with Crippen molar-refractivity contribution in [3.8, 4) is 5.75 Å². The first-order valence-electron chi connectivity index (χ1n) is 5.74. The van der Waals surface area contributed by atoms with Gasteiger partial charge in [0.05, 0.1) is 7.11 Å². The highest BCUT2D eigenvalue weighted by molar-refractivity contribution is 5.86. The number of hydrogen-bond acceptors (Lipinski definition) is 3. The highest BCUT2D eigenvalue weighted by atomic mass is 16.5. The first-order valence-corrected chi connectivity index (χ1v) is 5.74. The Morgan fingerprint density at radius 1 is 1.22 bits per heavy atom. The molecule has 0 unspecified atom stereocenters. The van der Waals surface area contributed by atoms with E-state index in [9.17, 15) is 4.79 Å². The molecule has 0 saturated heterocycles. The molecule has 3 heteroatoms. The van der Waals surface area contributed by atoms with Crippen molar-refractivity contribution in [3.63, 3.8) is 0 Å². The van der Waals surface area contributed by atoms with Gasteiger partial charge in [-0.2, -0.15) is 0 Å². The maximum absolute atomic E-state index is 10.9. The van der Waals surface area contributed by atoms with Crippen LogP contribution in [0.1, 0.15) is 19.4 Å². The van der Waals surface area contributed by atoms with Gasteiger partial charge in [0.25, 0.3) is 0 Å². The van der Waals surface area contributed by atoms with Crippen LogP contribution in [0.25, 0.3) is 6.08 Å². The van der Waals surface area contributed by atoms with Crippen LogP contribution in [-0.4, -0.2) is 19.7 Å². The minimum Gasteiger partial charge on any atom is -0.490 e. The van der Waals surface area contributed by atoms with E-state index in [-0.39, 0.29) is 5.97 Å². The molecule has 0 aliphatic rings. The fourth-order valence-corrected chi connectivity index (χ4v) is 1.21. The van der Waals surface area contributed by atoms with Gasteiger partial charge in [-0.3, -0.25) is 0 Å². The third kappa shape index (κ3) is 5.34. The van der Waals surface area contributed by atoms with Gasteiger partial charge in [-0.1, -0.05) is 17.7 Å². The van der Waals surface area contributed by atoms with Gasteiger partial charge in [0.15, 0.2) is 0 Å². The molecule has 1 aromatic rings. The molecule has 0 amide bonds. The number of esters is 1. The highest BCUT2D eigenvalue weighted by Crippen LogP contribution is 2.13. The van der Waals surface area contributed by atoms with Crippen LogP contribution < -0.4 is 4.74 Å². The summed E-state index contributed by atoms with van der Waals surface area (Å²) in [5, 5.41) is 0. The Bertz CT molecular complexity index is 437. The van der Waals surface area contributed by atoms with Gasteiger partial charge in [0.2, 0.25) is 0 Å². The van der Waals surface area contributed by atoms with Crippen molar-refractivity contribution in [2.45, 2.75) is 13.8 Å². The molecule has 0 spiro atoms. The van der Waals surface area contributed by atoms with E-state index in [4.69, 9.17) is 4.74 Å². The largest absolute Gasteiger partial charge is 0.490 e. The van der Waals surface area contributed by atoms with E-state index < -0.39 is 0 Å². The zero-order valence-corrected chi connectivity index (χ0v) is 11.0. The van der Waals surface area contributed by atoms with Crippen molar-refractivity contribution in [2.24, 2.45) is 0 Å². The van der Waals surface area contributed by atoms with Crippen LogP contribution in [0.2, 0.25) is 0 Å². The zero-order valence-electron chi connectivity index (χ0n) is 11.0. The predicted octanol–water partition coefficient (Wildman–Crippen LogP) is 3.22. The van der Waals surface area contributed by atoms with Gasteiger partial charge in [0.1, 0.15) is 12.4 Å². The Balaban J connectivity index is 2.55. The summed E-state index contributed by atoms with van der Waals surface area (Å²) in [7, 11) is 1.35. The number of methoxy groups -OCH3 is 1. The first kappa shape index (κ1) is 14.0. The molecule has 0 aliphatic heterocycles. The van der Waals surface area contributed by atoms with Crippen LogP contribution in [0.4, 0.5) is 0 Å². The summed E-state index contributed by atoms with van der Waals surface area (Å²) >= 11 is 0. The van der Waals surface area contributed by atoms with Crippen LogP contribution in [0.15, 0.2) is 42.0 Å². The fourth-order valence-electron chi connectivity index (χ4n) is 1.21. The molecule has 0 saturated carbocycles. The highest BCUT2D eigenvalue weighted by Gasteiger charge is 1.94. The predicted molar refractivity (Wildman–Crippen MR) is 72.4 cm³/mol.